The van der Waals surface area contributed by atoms with E-state index in [2.05, 4.69) is 12.2 Å². The van der Waals surface area contributed by atoms with Gasteiger partial charge in [-0.25, -0.2) is 0 Å². The van der Waals surface area contributed by atoms with E-state index in [1.165, 1.54) is 0 Å². The smallest absolute Gasteiger partial charge is 0.0733 e. The van der Waals surface area contributed by atoms with Crippen molar-refractivity contribution < 1.29 is 4.74 Å². The maximum absolute atomic E-state index is 5.16. The molecule has 8 heavy (non-hydrogen) atoms. The average Bonchev–Trinajstić information content (AvgIpc) is 2.14. The van der Waals surface area contributed by atoms with Crippen molar-refractivity contribution in [1.82, 2.24) is 5.32 Å². The van der Waals surface area contributed by atoms with E-state index in [9.17, 15) is 0 Å². The van der Waals surface area contributed by atoms with Crippen LogP contribution in [-0.2, 0) is 4.74 Å². The normalized spacial score (nSPS) is 38.2. The van der Waals surface area contributed by atoms with Crippen LogP contribution in [0.4, 0.5) is 0 Å². The summed E-state index contributed by atoms with van der Waals surface area (Å²) < 4.78 is 5.16. The molecule has 0 bridgehead atoms. The molecule has 1 aliphatic rings. The van der Waals surface area contributed by atoms with Gasteiger partial charge in [-0.2, -0.15) is 0 Å². The molecular weight excluding hydrogens is 102 g/mol. The monoisotopic (exact) mass is 115 g/mol. The van der Waals surface area contributed by atoms with Crippen LogP contribution in [0.1, 0.15) is 6.92 Å². The number of hydrogen-bond acceptors (Lipinski definition) is 2. The van der Waals surface area contributed by atoms with Crippen molar-refractivity contribution in [2.45, 2.75) is 13.0 Å². The van der Waals surface area contributed by atoms with Crippen LogP contribution >= 0.6 is 0 Å². The average molecular weight is 115 g/mol. The molecule has 48 valence electrons. The molecule has 2 atom stereocenters. The van der Waals surface area contributed by atoms with Gasteiger partial charge in [-0.1, -0.05) is 6.92 Å². The second kappa shape index (κ2) is 2.46. The van der Waals surface area contributed by atoms with Gasteiger partial charge in [0.05, 0.1) is 6.10 Å². The number of nitrogens with one attached hydrogen (secondary N) is 1. The molecule has 0 aromatic heterocycles. The van der Waals surface area contributed by atoms with E-state index in [1.807, 2.05) is 0 Å². The molecule has 1 saturated heterocycles. The van der Waals surface area contributed by atoms with Gasteiger partial charge >= 0.3 is 0 Å². The zero-order valence-corrected chi connectivity index (χ0v) is 5.48. The van der Waals surface area contributed by atoms with Gasteiger partial charge in [0.2, 0.25) is 0 Å². The molecule has 0 unspecified atom stereocenters. The minimum atomic E-state index is 0.454. The molecule has 0 aromatic rings. The summed E-state index contributed by atoms with van der Waals surface area (Å²) in [6.45, 7) is 4.34. The third kappa shape index (κ3) is 1.01. The van der Waals surface area contributed by atoms with E-state index in [-0.39, 0.29) is 0 Å². The molecule has 0 radical (unpaired) electrons. The summed E-state index contributed by atoms with van der Waals surface area (Å²) >= 11 is 0. The lowest BCUT2D eigenvalue weighted by atomic mass is 10.1. The van der Waals surface area contributed by atoms with E-state index in [1.54, 1.807) is 7.11 Å². The summed E-state index contributed by atoms with van der Waals surface area (Å²) in [6, 6.07) is 0. The molecule has 1 aliphatic heterocycles. The first-order chi connectivity index (χ1) is 3.84. The van der Waals surface area contributed by atoms with Gasteiger partial charge in [-0.05, 0) is 5.92 Å². The number of rotatable bonds is 1. The molecule has 0 spiro atoms. The zero-order valence-electron chi connectivity index (χ0n) is 5.48. The van der Waals surface area contributed by atoms with Gasteiger partial charge in [0.15, 0.2) is 0 Å². The Morgan fingerprint density at radius 3 is 2.50 bits per heavy atom. The van der Waals surface area contributed by atoms with Crippen molar-refractivity contribution in [3.8, 4) is 0 Å². The lowest BCUT2D eigenvalue weighted by Gasteiger charge is -2.09. The summed E-state index contributed by atoms with van der Waals surface area (Å²) in [5.41, 5.74) is 0. The molecular formula is C6H13NO. The van der Waals surface area contributed by atoms with Gasteiger partial charge in [0.1, 0.15) is 0 Å². The van der Waals surface area contributed by atoms with Crippen LogP contribution in [0.5, 0.6) is 0 Å². The SMILES string of the molecule is CO[C@@H]1CNC[C@H]1C. The van der Waals surface area contributed by atoms with Crippen molar-refractivity contribution in [3.63, 3.8) is 0 Å². The summed E-state index contributed by atoms with van der Waals surface area (Å²) in [7, 11) is 1.77. The quantitative estimate of drug-likeness (QED) is 0.528. The van der Waals surface area contributed by atoms with Crippen LogP contribution in [0.15, 0.2) is 0 Å². The predicted molar refractivity (Wildman–Crippen MR) is 32.8 cm³/mol. The summed E-state index contributed by atoms with van der Waals surface area (Å²) in [5.74, 6) is 0.694. The van der Waals surface area contributed by atoms with Crippen LogP contribution in [0.25, 0.3) is 0 Å². The first-order valence-corrected chi connectivity index (χ1v) is 3.08. The molecule has 2 nitrogen and oxygen atoms in total. The molecule has 0 aliphatic carbocycles. The third-order valence-electron chi connectivity index (χ3n) is 1.75. The molecule has 1 N–H and O–H groups in total. The second-order valence-corrected chi connectivity index (χ2v) is 2.41. The fourth-order valence-corrected chi connectivity index (χ4v) is 1.10. The first-order valence-electron chi connectivity index (χ1n) is 3.08. The minimum absolute atomic E-state index is 0.454. The minimum Gasteiger partial charge on any atom is -0.380 e. The molecule has 2 heteroatoms. The Labute approximate surface area is 50.2 Å². The summed E-state index contributed by atoms with van der Waals surface area (Å²) in [4.78, 5) is 0. The Bertz CT molecular complexity index is 74.9. The van der Waals surface area contributed by atoms with Crippen LogP contribution in [-0.4, -0.2) is 26.3 Å². The van der Waals surface area contributed by atoms with E-state index < -0.39 is 0 Å². The van der Waals surface area contributed by atoms with Gasteiger partial charge in [0.25, 0.3) is 0 Å². The van der Waals surface area contributed by atoms with Crippen molar-refractivity contribution in [3.05, 3.63) is 0 Å². The highest BCUT2D eigenvalue weighted by Crippen LogP contribution is 2.09. The van der Waals surface area contributed by atoms with E-state index in [4.69, 9.17) is 4.74 Å². The molecule has 1 rings (SSSR count). The first kappa shape index (κ1) is 6.05. The molecule has 0 amide bonds. The van der Waals surface area contributed by atoms with Crippen molar-refractivity contribution in [1.29, 1.82) is 0 Å². The Morgan fingerprint density at radius 2 is 2.25 bits per heavy atom. The number of hydrogen-bond donors (Lipinski definition) is 1. The highest BCUT2D eigenvalue weighted by atomic mass is 16.5. The van der Waals surface area contributed by atoms with Gasteiger partial charge < -0.3 is 10.1 Å². The maximum atomic E-state index is 5.16. The maximum Gasteiger partial charge on any atom is 0.0733 e. The second-order valence-electron chi connectivity index (χ2n) is 2.41. The largest absolute Gasteiger partial charge is 0.380 e. The number of ether oxygens (including phenoxy) is 1. The number of methoxy groups -OCH3 is 1. The highest BCUT2D eigenvalue weighted by Gasteiger charge is 2.21. The van der Waals surface area contributed by atoms with Crippen LogP contribution in [0.3, 0.4) is 0 Å². The predicted octanol–water partition coefficient (Wildman–Crippen LogP) is 0.241. The lowest BCUT2D eigenvalue weighted by Crippen LogP contribution is -2.18. The van der Waals surface area contributed by atoms with Gasteiger partial charge in [-0.3, -0.25) is 0 Å². The standard InChI is InChI=1S/C6H13NO/c1-5-3-7-4-6(5)8-2/h5-7H,3-4H2,1-2H3/t5-,6-/m1/s1. The lowest BCUT2D eigenvalue weighted by molar-refractivity contribution is 0.0892. The van der Waals surface area contributed by atoms with E-state index >= 15 is 0 Å². The van der Waals surface area contributed by atoms with E-state index in [0.717, 1.165) is 13.1 Å². The Balaban J connectivity index is 2.30. The Kier molecular flexibility index (Phi) is 1.86. The Hall–Kier alpha value is -0.0800. The van der Waals surface area contributed by atoms with Gasteiger partial charge in [0, 0.05) is 20.2 Å². The van der Waals surface area contributed by atoms with Crippen LogP contribution in [0.2, 0.25) is 0 Å². The van der Waals surface area contributed by atoms with Crippen LogP contribution in [0, 0.1) is 5.92 Å². The van der Waals surface area contributed by atoms with Crippen molar-refractivity contribution >= 4 is 0 Å². The molecule has 1 fully saturated rings. The summed E-state index contributed by atoms with van der Waals surface area (Å²) in [6.07, 6.45) is 0.454. The fourth-order valence-electron chi connectivity index (χ4n) is 1.10. The Morgan fingerprint density at radius 1 is 1.50 bits per heavy atom. The molecule has 1 heterocycles. The topological polar surface area (TPSA) is 21.3 Å². The molecule has 0 saturated carbocycles. The highest BCUT2D eigenvalue weighted by molar-refractivity contribution is 4.77. The third-order valence-corrected chi connectivity index (χ3v) is 1.75. The van der Waals surface area contributed by atoms with Crippen molar-refractivity contribution in [2.24, 2.45) is 5.92 Å². The van der Waals surface area contributed by atoms with Gasteiger partial charge in [-0.15, -0.1) is 0 Å². The fraction of sp³-hybridized carbons (Fsp3) is 1.00. The summed E-state index contributed by atoms with van der Waals surface area (Å²) in [5, 5.41) is 3.25. The van der Waals surface area contributed by atoms with Crippen LogP contribution < -0.4 is 5.32 Å². The molecule has 0 aromatic carbocycles. The zero-order chi connectivity index (χ0) is 5.98. The van der Waals surface area contributed by atoms with Crippen molar-refractivity contribution in [2.75, 3.05) is 20.2 Å². The van der Waals surface area contributed by atoms with E-state index in [0.29, 0.717) is 12.0 Å².